The number of anilines is 1. The van der Waals surface area contributed by atoms with Gasteiger partial charge in [0.1, 0.15) is 12.4 Å². The fourth-order valence-electron chi connectivity index (χ4n) is 1.63. The Labute approximate surface area is 114 Å². The molecule has 2 aromatic rings. The van der Waals surface area contributed by atoms with Gasteiger partial charge in [0.05, 0.1) is 17.0 Å². The van der Waals surface area contributed by atoms with Crippen LogP contribution >= 0.6 is 0 Å². The Kier molecular flexibility index (Phi) is 3.85. The summed E-state index contributed by atoms with van der Waals surface area (Å²) < 4.78 is 1.81. The fourth-order valence-corrected chi connectivity index (χ4v) is 1.63. The van der Waals surface area contributed by atoms with Crippen molar-refractivity contribution in [3.8, 4) is 6.07 Å². The quantitative estimate of drug-likeness (QED) is 0.638. The lowest BCUT2D eigenvalue weighted by Crippen LogP contribution is -2.10. The first-order valence-corrected chi connectivity index (χ1v) is 5.80. The van der Waals surface area contributed by atoms with Crippen LogP contribution in [0.25, 0.3) is 0 Å². The number of nitriles is 1. The van der Waals surface area contributed by atoms with Gasteiger partial charge in [-0.1, -0.05) is 0 Å². The van der Waals surface area contributed by atoms with Crippen LogP contribution in [0.5, 0.6) is 0 Å². The van der Waals surface area contributed by atoms with Crippen LogP contribution in [0.2, 0.25) is 0 Å². The fraction of sp³-hybridized carbons (Fsp3) is 0.273. The lowest BCUT2D eigenvalue weighted by molar-refractivity contribution is -0.384. The molecule has 20 heavy (non-hydrogen) atoms. The predicted molar refractivity (Wildman–Crippen MR) is 68.6 cm³/mol. The summed E-state index contributed by atoms with van der Waals surface area (Å²) in [6.45, 7) is 2.90. The summed E-state index contributed by atoms with van der Waals surface area (Å²) in [5.74, 6) is 0.743. The number of pyridine rings is 1. The molecule has 9 heteroatoms. The molecule has 0 bridgehead atoms. The molecule has 2 heterocycles. The smallest absolute Gasteiger partial charge is 0.312 e. The molecule has 2 rings (SSSR count). The van der Waals surface area contributed by atoms with Gasteiger partial charge in [0.15, 0.2) is 5.82 Å². The van der Waals surface area contributed by atoms with E-state index in [9.17, 15) is 10.1 Å². The zero-order valence-electron chi connectivity index (χ0n) is 10.6. The first-order chi connectivity index (χ1) is 9.65. The monoisotopic (exact) mass is 273 g/mol. The average Bonchev–Trinajstić information content (AvgIpc) is 2.92. The van der Waals surface area contributed by atoms with E-state index in [4.69, 9.17) is 5.26 Å². The molecular weight excluding hydrogens is 262 g/mol. The second-order valence-corrected chi connectivity index (χ2v) is 3.85. The lowest BCUT2D eigenvalue weighted by Gasteiger charge is -2.06. The second-order valence-electron chi connectivity index (χ2n) is 3.85. The zero-order valence-corrected chi connectivity index (χ0v) is 10.6. The van der Waals surface area contributed by atoms with Crippen molar-refractivity contribution in [3.05, 3.63) is 40.1 Å². The molecule has 0 spiro atoms. The van der Waals surface area contributed by atoms with Gasteiger partial charge >= 0.3 is 5.69 Å². The SMILES string of the molecule is CCn1cnnc1CNc1ncc(C#N)cc1[N+](=O)[O-]. The van der Waals surface area contributed by atoms with E-state index in [1.165, 1.54) is 12.3 Å². The number of nitrogens with zero attached hydrogens (tertiary/aromatic N) is 6. The molecule has 9 nitrogen and oxygen atoms in total. The third-order valence-electron chi connectivity index (χ3n) is 2.64. The van der Waals surface area contributed by atoms with Gasteiger partial charge in [0.2, 0.25) is 5.82 Å². The number of rotatable bonds is 5. The number of nitrogens with one attached hydrogen (secondary N) is 1. The normalized spacial score (nSPS) is 10.0. The lowest BCUT2D eigenvalue weighted by atomic mass is 10.3. The first kappa shape index (κ1) is 13.4. The number of aromatic nitrogens is 4. The zero-order chi connectivity index (χ0) is 14.5. The van der Waals surface area contributed by atoms with Gasteiger partial charge in [-0.25, -0.2) is 4.98 Å². The molecule has 2 aromatic heterocycles. The highest BCUT2D eigenvalue weighted by Crippen LogP contribution is 2.22. The highest BCUT2D eigenvalue weighted by atomic mass is 16.6. The molecule has 0 amide bonds. The summed E-state index contributed by atoms with van der Waals surface area (Å²) in [7, 11) is 0. The molecule has 0 aliphatic carbocycles. The van der Waals surface area contributed by atoms with Crippen LogP contribution in [0.15, 0.2) is 18.6 Å². The summed E-state index contributed by atoms with van der Waals surface area (Å²) in [4.78, 5) is 14.3. The molecule has 0 aliphatic heterocycles. The van der Waals surface area contributed by atoms with Crippen LogP contribution in [0.1, 0.15) is 18.3 Å². The van der Waals surface area contributed by atoms with E-state index >= 15 is 0 Å². The van der Waals surface area contributed by atoms with Crippen molar-refractivity contribution in [2.45, 2.75) is 20.0 Å². The Hall–Kier alpha value is -3.02. The van der Waals surface area contributed by atoms with Crippen molar-refractivity contribution >= 4 is 11.5 Å². The first-order valence-electron chi connectivity index (χ1n) is 5.80. The molecule has 0 atom stereocenters. The van der Waals surface area contributed by atoms with Gasteiger partial charge in [-0.15, -0.1) is 10.2 Å². The summed E-state index contributed by atoms with van der Waals surface area (Å²) in [5.41, 5.74) is -0.106. The summed E-state index contributed by atoms with van der Waals surface area (Å²) >= 11 is 0. The minimum Gasteiger partial charge on any atom is -0.357 e. The van der Waals surface area contributed by atoms with Crippen molar-refractivity contribution in [2.75, 3.05) is 5.32 Å². The van der Waals surface area contributed by atoms with Crippen molar-refractivity contribution < 1.29 is 4.92 Å². The maximum absolute atomic E-state index is 11.0. The topological polar surface area (TPSA) is 123 Å². The van der Waals surface area contributed by atoms with Crippen LogP contribution in [0.3, 0.4) is 0 Å². The molecular formula is C11H11N7O2. The van der Waals surface area contributed by atoms with Gasteiger partial charge in [-0.2, -0.15) is 5.26 Å². The van der Waals surface area contributed by atoms with Gasteiger partial charge in [0.25, 0.3) is 0 Å². The van der Waals surface area contributed by atoms with Gasteiger partial charge < -0.3 is 9.88 Å². The van der Waals surface area contributed by atoms with Crippen LogP contribution < -0.4 is 5.32 Å². The van der Waals surface area contributed by atoms with Crippen LogP contribution in [-0.2, 0) is 13.1 Å². The molecule has 1 N–H and O–H groups in total. The second kappa shape index (κ2) is 5.75. The molecule has 0 fully saturated rings. The average molecular weight is 273 g/mol. The van der Waals surface area contributed by atoms with Gasteiger partial charge in [0, 0.05) is 18.8 Å². The minimum absolute atomic E-state index is 0.0969. The largest absolute Gasteiger partial charge is 0.357 e. The third-order valence-corrected chi connectivity index (χ3v) is 2.64. The Morgan fingerprint density at radius 3 is 3.05 bits per heavy atom. The van der Waals surface area contributed by atoms with E-state index in [0.717, 1.165) is 0 Å². The Balaban J connectivity index is 2.21. The molecule has 102 valence electrons. The van der Waals surface area contributed by atoms with Crippen LogP contribution in [0.4, 0.5) is 11.5 Å². The number of aryl methyl sites for hydroxylation is 1. The van der Waals surface area contributed by atoms with Crippen molar-refractivity contribution in [3.63, 3.8) is 0 Å². The number of hydrogen-bond acceptors (Lipinski definition) is 7. The molecule has 0 aromatic carbocycles. The number of nitro groups is 1. The van der Waals surface area contributed by atoms with Crippen molar-refractivity contribution in [1.82, 2.24) is 19.7 Å². The molecule has 0 radical (unpaired) electrons. The van der Waals surface area contributed by atoms with E-state index in [2.05, 4.69) is 20.5 Å². The van der Waals surface area contributed by atoms with Gasteiger partial charge in [-0.3, -0.25) is 10.1 Å². The van der Waals surface area contributed by atoms with E-state index < -0.39 is 4.92 Å². The van der Waals surface area contributed by atoms with E-state index in [1.54, 1.807) is 6.33 Å². The van der Waals surface area contributed by atoms with E-state index in [-0.39, 0.29) is 23.6 Å². The van der Waals surface area contributed by atoms with Gasteiger partial charge in [-0.05, 0) is 6.92 Å². The maximum Gasteiger partial charge on any atom is 0.312 e. The molecule has 0 saturated carbocycles. The molecule has 0 unspecified atom stereocenters. The third kappa shape index (κ3) is 2.69. The minimum atomic E-state index is -0.583. The van der Waals surface area contributed by atoms with Crippen molar-refractivity contribution in [1.29, 1.82) is 5.26 Å². The maximum atomic E-state index is 11.0. The molecule has 0 saturated heterocycles. The Morgan fingerprint density at radius 1 is 1.60 bits per heavy atom. The summed E-state index contributed by atoms with van der Waals surface area (Å²) in [5, 5.41) is 30.2. The summed E-state index contributed by atoms with van der Waals surface area (Å²) in [6.07, 6.45) is 2.86. The molecule has 0 aliphatic rings. The Morgan fingerprint density at radius 2 is 2.40 bits per heavy atom. The highest BCUT2D eigenvalue weighted by molar-refractivity contribution is 5.58. The highest BCUT2D eigenvalue weighted by Gasteiger charge is 2.16. The predicted octanol–water partition coefficient (Wildman–Crippen LogP) is 1.08. The van der Waals surface area contributed by atoms with E-state index in [0.29, 0.717) is 12.4 Å². The standard InChI is InChI=1S/C11H11N7O2/c1-2-17-7-15-16-10(17)6-14-11-9(18(19)20)3-8(4-12)5-13-11/h3,5,7H,2,6H2,1H3,(H,13,14). The van der Waals surface area contributed by atoms with E-state index in [1.807, 2.05) is 17.6 Å². The van der Waals surface area contributed by atoms with Crippen LogP contribution in [-0.4, -0.2) is 24.7 Å². The Bertz CT molecular complexity index is 674. The summed E-state index contributed by atoms with van der Waals surface area (Å²) in [6, 6.07) is 3.00. The van der Waals surface area contributed by atoms with Crippen molar-refractivity contribution in [2.24, 2.45) is 0 Å². The van der Waals surface area contributed by atoms with Crippen LogP contribution in [0, 0.1) is 21.4 Å². The number of hydrogen-bond donors (Lipinski definition) is 1.